The van der Waals surface area contributed by atoms with E-state index < -0.39 is 11.6 Å². The Morgan fingerprint density at radius 2 is 1.43 bits per heavy atom. The third kappa shape index (κ3) is 5.61. The Kier molecular flexibility index (Phi) is 5.73. The maximum absolute atomic E-state index is 12.3. The van der Waals surface area contributed by atoms with Crippen LogP contribution in [0.1, 0.15) is 45.0 Å². The third-order valence-electron chi connectivity index (χ3n) is 2.58. The lowest BCUT2D eigenvalue weighted by atomic mass is 10.1. The molecule has 1 aromatic carbocycles. The molecule has 1 aromatic rings. The third-order valence-corrected chi connectivity index (χ3v) is 2.58. The van der Waals surface area contributed by atoms with Gasteiger partial charge in [-0.3, -0.25) is 9.59 Å². The number of benzene rings is 1. The number of methoxy groups -OCH3 is 1. The number of ether oxygens (including phenoxy) is 2. The molecule has 0 saturated heterocycles. The van der Waals surface area contributed by atoms with E-state index in [1.807, 2.05) is 0 Å². The molecule has 0 fully saturated rings. The van der Waals surface area contributed by atoms with Crippen molar-refractivity contribution in [2.75, 3.05) is 17.7 Å². The lowest BCUT2D eigenvalue weighted by molar-refractivity contribution is -0.115. The second kappa shape index (κ2) is 7.13. The van der Waals surface area contributed by atoms with Crippen molar-refractivity contribution in [1.82, 2.24) is 0 Å². The van der Waals surface area contributed by atoms with Gasteiger partial charge < -0.3 is 20.1 Å². The molecule has 7 nitrogen and oxygen atoms in total. The second-order valence-electron chi connectivity index (χ2n) is 5.96. The summed E-state index contributed by atoms with van der Waals surface area (Å²) < 4.78 is 10.5. The standard InChI is InChI=1S/C16H22N2O5/c1-9(19)17-12-7-11(15(21)23-16(3,4)5)14(22-6)8-13(12)18-10(2)20/h7-8H,1-6H3,(H,17,19)(H,18,20). The summed E-state index contributed by atoms with van der Waals surface area (Å²) in [4.78, 5) is 35.0. The molecule has 0 aliphatic heterocycles. The Bertz CT molecular complexity index is 632. The van der Waals surface area contributed by atoms with Gasteiger partial charge in [0.25, 0.3) is 0 Å². The van der Waals surface area contributed by atoms with E-state index in [0.717, 1.165) is 0 Å². The van der Waals surface area contributed by atoms with Gasteiger partial charge >= 0.3 is 5.97 Å². The number of amides is 2. The highest BCUT2D eigenvalue weighted by atomic mass is 16.6. The van der Waals surface area contributed by atoms with E-state index in [9.17, 15) is 14.4 Å². The molecular weight excluding hydrogens is 300 g/mol. The number of nitrogens with one attached hydrogen (secondary N) is 2. The van der Waals surface area contributed by atoms with E-state index in [-0.39, 0.29) is 28.8 Å². The van der Waals surface area contributed by atoms with E-state index in [2.05, 4.69) is 10.6 Å². The van der Waals surface area contributed by atoms with Crippen molar-refractivity contribution in [3.8, 4) is 5.75 Å². The first-order valence-corrected chi connectivity index (χ1v) is 7.04. The number of rotatable bonds is 4. The first-order valence-electron chi connectivity index (χ1n) is 7.04. The number of esters is 1. The van der Waals surface area contributed by atoms with Crippen molar-refractivity contribution in [1.29, 1.82) is 0 Å². The minimum atomic E-state index is -0.674. The fourth-order valence-electron chi connectivity index (χ4n) is 1.83. The molecule has 7 heteroatoms. The van der Waals surface area contributed by atoms with Crippen molar-refractivity contribution in [2.45, 2.75) is 40.2 Å². The van der Waals surface area contributed by atoms with Crippen LogP contribution < -0.4 is 15.4 Å². The molecule has 23 heavy (non-hydrogen) atoms. The lowest BCUT2D eigenvalue weighted by Gasteiger charge is -2.21. The van der Waals surface area contributed by atoms with Gasteiger partial charge in [-0.1, -0.05) is 0 Å². The van der Waals surface area contributed by atoms with Crippen LogP contribution in [0.4, 0.5) is 11.4 Å². The zero-order valence-electron chi connectivity index (χ0n) is 14.2. The fourth-order valence-corrected chi connectivity index (χ4v) is 1.83. The molecule has 0 unspecified atom stereocenters. The summed E-state index contributed by atoms with van der Waals surface area (Å²) >= 11 is 0. The minimum Gasteiger partial charge on any atom is -0.496 e. The van der Waals surface area contributed by atoms with Crippen molar-refractivity contribution in [3.05, 3.63) is 17.7 Å². The molecule has 2 N–H and O–H groups in total. The van der Waals surface area contributed by atoms with E-state index in [0.29, 0.717) is 5.69 Å². The molecule has 126 valence electrons. The Morgan fingerprint density at radius 1 is 0.957 bits per heavy atom. The summed E-state index contributed by atoms with van der Waals surface area (Å²) in [6.07, 6.45) is 0. The molecule has 0 atom stereocenters. The quantitative estimate of drug-likeness (QED) is 0.831. The number of hydrogen-bond acceptors (Lipinski definition) is 5. The summed E-state index contributed by atoms with van der Waals surface area (Å²) in [5.74, 6) is -1.01. The lowest BCUT2D eigenvalue weighted by Crippen LogP contribution is -2.24. The normalized spacial score (nSPS) is 10.7. The molecule has 0 heterocycles. The second-order valence-corrected chi connectivity index (χ2v) is 5.96. The summed E-state index contributed by atoms with van der Waals surface area (Å²) in [5, 5.41) is 5.15. The van der Waals surface area contributed by atoms with Crippen LogP contribution in [0.15, 0.2) is 12.1 Å². The summed E-state index contributed by atoms with van der Waals surface area (Å²) in [6.45, 7) is 7.91. The maximum atomic E-state index is 12.3. The summed E-state index contributed by atoms with van der Waals surface area (Å²) in [7, 11) is 1.40. The highest BCUT2D eigenvalue weighted by Crippen LogP contribution is 2.32. The Labute approximate surface area is 135 Å². The Balaban J connectivity index is 3.37. The Hall–Kier alpha value is -2.57. The number of anilines is 2. The van der Waals surface area contributed by atoms with Crippen LogP contribution in [0.2, 0.25) is 0 Å². The molecule has 0 spiro atoms. The van der Waals surface area contributed by atoms with Crippen molar-refractivity contribution >= 4 is 29.2 Å². The average Bonchev–Trinajstić information content (AvgIpc) is 2.36. The average molecular weight is 322 g/mol. The van der Waals surface area contributed by atoms with Crippen LogP contribution in [0, 0.1) is 0 Å². The maximum Gasteiger partial charge on any atom is 0.342 e. The van der Waals surface area contributed by atoms with Gasteiger partial charge in [0.05, 0.1) is 18.5 Å². The van der Waals surface area contributed by atoms with Gasteiger partial charge in [0.15, 0.2) is 0 Å². The predicted molar refractivity (Wildman–Crippen MR) is 86.8 cm³/mol. The van der Waals surface area contributed by atoms with E-state index >= 15 is 0 Å². The SMILES string of the molecule is COc1cc(NC(C)=O)c(NC(C)=O)cc1C(=O)OC(C)(C)C. The minimum absolute atomic E-state index is 0.153. The van der Waals surface area contributed by atoms with Gasteiger partial charge in [0.1, 0.15) is 16.9 Å². The first-order chi connectivity index (χ1) is 10.5. The van der Waals surface area contributed by atoms with Gasteiger partial charge in [-0.05, 0) is 26.8 Å². The summed E-state index contributed by atoms with van der Waals surface area (Å²) in [5.41, 5.74) is 0.0959. The van der Waals surface area contributed by atoms with E-state index in [1.54, 1.807) is 20.8 Å². The highest BCUT2D eigenvalue weighted by Gasteiger charge is 2.23. The zero-order chi connectivity index (χ0) is 17.8. The van der Waals surface area contributed by atoms with Crippen LogP contribution in [-0.4, -0.2) is 30.5 Å². The molecule has 0 aromatic heterocycles. The van der Waals surface area contributed by atoms with Crippen LogP contribution in [-0.2, 0) is 14.3 Å². The van der Waals surface area contributed by atoms with Crippen LogP contribution in [0.5, 0.6) is 5.75 Å². The molecule has 1 rings (SSSR count). The van der Waals surface area contributed by atoms with Gasteiger partial charge in [0, 0.05) is 19.9 Å². The molecule has 0 saturated carbocycles. The zero-order valence-corrected chi connectivity index (χ0v) is 14.2. The highest BCUT2D eigenvalue weighted by molar-refractivity contribution is 6.02. The fraction of sp³-hybridized carbons (Fsp3) is 0.438. The van der Waals surface area contributed by atoms with E-state index in [4.69, 9.17) is 9.47 Å². The Morgan fingerprint density at radius 3 is 1.83 bits per heavy atom. The van der Waals surface area contributed by atoms with Gasteiger partial charge in [-0.25, -0.2) is 4.79 Å². The largest absolute Gasteiger partial charge is 0.496 e. The van der Waals surface area contributed by atoms with Crippen molar-refractivity contribution in [3.63, 3.8) is 0 Å². The number of carbonyl (C=O) groups is 3. The van der Waals surface area contributed by atoms with Crippen LogP contribution in [0.25, 0.3) is 0 Å². The topological polar surface area (TPSA) is 93.7 Å². The summed E-state index contributed by atoms with van der Waals surface area (Å²) in [6, 6.07) is 2.88. The predicted octanol–water partition coefficient (Wildman–Crippen LogP) is 2.57. The van der Waals surface area contributed by atoms with Crippen molar-refractivity contribution < 1.29 is 23.9 Å². The van der Waals surface area contributed by atoms with Crippen molar-refractivity contribution in [2.24, 2.45) is 0 Å². The number of carbonyl (C=O) groups excluding carboxylic acids is 3. The van der Waals surface area contributed by atoms with Crippen LogP contribution >= 0.6 is 0 Å². The molecular formula is C16H22N2O5. The van der Waals surface area contributed by atoms with E-state index in [1.165, 1.54) is 33.1 Å². The smallest absolute Gasteiger partial charge is 0.342 e. The molecule has 0 aliphatic rings. The molecule has 0 radical (unpaired) electrons. The first kappa shape index (κ1) is 18.5. The van der Waals surface area contributed by atoms with Crippen LogP contribution in [0.3, 0.4) is 0 Å². The molecule has 2 amide bonds. The molecule has 0 aliphatic carbocycles. The molecule has 0 bridgehead atoms. The number of hydrogen-bond donors (Lipinski definition) is 2. The van der Waals surface area contributed by atoms with Gasteiger partial charge in [-0.2, -0.15) is 0 Å². The monoisotopic (exact) mass is 322 g/mol. The van der Waals surface area contributed by atoms with Gasteiger partial charge in [0.2, 0.25) is 11.8 Å². The van der Waals surface area contributed by atoms with Gasteiger partial charge in [-0.15, -0.1) is 0 Å².